The zero-order valence-electron chi connectivity index (χ0n) is 8.49. The molecule has 0 saturated carbocycles. The molecule has 1 aromatic heterocycles. The first kappa shape index (κ1) is 11.7. The van der Waals surface area contributed by atoms with Gasteiger partial charge in [-0.05, 0) is 11.5 Å². The van der Waals surface area contributed by atoms with Gasteiger partial charge in [-0.3, -0.25) is 0 Å². The molecule has 0 radical (unpaired) electrons. The highest BCUT2D eigenvalue weighted by molar-refractivity contribution is 8.01. The fraction of sp³-hybridized carbons (Fsp3) is 0.556. The summed E-state index contributed by atoms with van der Waals surface area (Å²) in [5.74, 6) is 0.912. The Labute approximate surface area is 93.2 Å². The van der Waals surface area contributed by atoms with E-state index in [0.717, 1.165) is 16.6 Å². The molecule has 0 aliphatic heterocycles. The highest BCUT2D eigenvalue weighted by Crippen LogP contribution is 2.19. The second kappa shape index (κ2) is 6.16. The highest BCUT2D eigenvalue weighted by atomic mass is 32.2. The largest absolute Gasteiger partial charge is 0.311 e. The Hall–Kier alpha value is -0.390. The lowest BCUT2D eigenvalue weighted by atomic mass is 10.3. The van der Waals surface area contributed by atoms with E-state index in [1.807, 2.05) is 0 Å². The summed E-state index contributed by atoms with van der Waals surface area (Å²) in [6.07, 6.45) is 1.59. The Morgan fingerprint density at radius 1 is 1.71 bits per heavy atom. The molecular weight excluding hydrogens is 214 g/mol. The van der Waals surface area contributed by atoms with E-state index in [2.05, 4.69) is 35.1 Å². The van der Waals surface area contributed by atoms with Crippen LogP contribution < -0.4 is 5.32 Å². The van der Waals surface area contributed by atoms with Crippen molar-refractivity contribution >= 4 is 23.3 Å². The van der Waals surface area contributed by atoms with Crippen molar-refractivity contribution in [2.24, 2.45) is 0 Å². The molecule has 0 spiro atoms. The molecule has 0 aromatic carbocycles. The molecule has 0 amide bonds. The van der Waals surface area contributed by atoms with Crippen LogP contribution in [0, 0.1) is 0 Å². The smallest absolute Gasteiger partial charge is 0.170 e. The third kappa shape index (κ3) is 4.74. The van der Waals surface area contributed by atoms with E-state index < -0.39 is 0 Å². The molecule has 3 nitrogen and oxygen atoms in total. The van der Waals surface area contributed by atoms with Gasteiger partial charge < -0.3 is 5.32 Å². The molecule has 0 fully saturated rings. The topological polar surface area (TPSA) is 37.8 Å². The summed E-state index contributed by atoms with van der Waals surface area (Å²) in [5, 5.41) is 3.33. The number of rotatable bonds is 6. The minimum Gasteiger partial charge on any atom is -0.311 e. The quantitative estimate of drug-likeness (QED) is 0.599. The second-order valence-electron chi connectivity index (χ2n) is 3.28. The molecule has 0 aliphatic rings. The summed E-state index contributed by atoms with van der Waals surface area (Å²) in [7, 11) is 0. The number of thioether (sulfide) groups is 1. The van der Waals surface area contributed by atoms with Crippen molar-refractivity contribution in [1.29, 1.82) is 0 Å². The zero-order chi connectivity index (χ0) is 10.4. The van der Waals surface area contributed by atoms with Gasteiger partial charge in [-0.25, -0.2) is 4.98 Å². The minimum absolute atomic E-state index is 0.512. The fourth-order valence-corrected chi connectivity index (χ4v) is 2.14. The lowest BCUT2D eigenvalue weighted by molar-refractivity contribution is 0.623. The van der Waals surface area contributed by atoms with Gasteiger partial charge in [0.15, 0.2) is 4.34 Å². The van der Waals surface area contributed by atoms with Crippen LogP contribution in [0.15, 0.2) is 22.8 Å². The Morgan fingerprint density at radius 2 is 2.50 bits per heavy atom. The molecule has 5 heteroatoms. The number of nitrogens with one attached hydrogen (secondary N) is 1. The van der Waals surface area contributed by atoms with Crippen molar-refractivity contribution in [3.8, 4) is 0 Å². The minimum atomic E-state index is 0.512. The van der Waals surface area contributed by atoms with Gasteiger partial charge in [0.1, 0.15) is 6.33 Å². The molecule has 0 saturated heterocycles. The second-order valence-corrected chi connectivity index (χ2v) is 5.28. The SMILES string of the molecule is C=C(CNC(C)C)CSc1ncns1. The van der Waals surface area contributed by atoms with E-state index >= 15 is 0 Å². The molecule has 0 atom stereocenters. The summed E-state index contributed by atoms with van der Waals surface area (Å²) in [5.41, 5.74) is 1.19. The predicted molar refractivity (Wildman–Crippen MR) is 62.9 cm³/mol. The standard InChI is InChI=1S/C9H15N3S2/c1-7(2)10-4-8(3)5-13-9-11-6-12-14-9/h6-7,10H,3-5H2,1-2H3. The van der Waals surface area contributed by atoms with Crippen LogP contribution in [-0.2, 0) is 0 Å². The maximum Gasteiger partial charge on any atom is 0.170 e. The normalized spacial score (nSPS) is 10.8. The van der Waals surface area contributed by atoms with Crippen molar-refractivity contribution in [1.82, 2.24) is 14.7 Å². The molecule has 78 valence electrons. The third-order valence-electron chi connectivity index (χ3n) is 1.50. The van der Waals surface area contributed by atoms with Gasteiger partial charge in [0, 0.05) is 18.3 Å². The van der Waals surface area contributed by atoms with Crippen LogP contribution in [-0.4, -0.2) is 27.7 Å². The van der Waals surface area contributed by atoms with E-state index in [1.165, 1.54) is 17.1 Å². The average molecular weight is 229 g/mol. The maximum absolute atomic E-state index is 4.09. The van der Waals surface area contributed by atoms with Crippen molar-refractivity contribution in [2.45, 2.75) is 24.2 Å². The average Bonchev–Trinajstić information content (AvgIpc) is 2.63. The molecule has 1 rings (SSSR count). The summed E-state index contributed by atoms with van der Waals surface area (Å²) < 4.78 is 4.95. The van der Waals surface area contributed by atoms with Crippen molar-refractivity contribution in [3.05, 3.63) is 18.5 Å². The van der Waals surface area contributed by atoms with Crippen LogP contribution >= 0.6 is 23.3 Å². The molecule has 0 aliphatic carbocycles. The number of nitrogens with zero attached hydrogens (tertiary/aromatic N) is 2. The molecule has 0 bridgehead atoms. The molecule has 1 aromatic rings. The Balaban J connectivity index is 2.15. The van der Waals surface area contributed by atoms with Crippen molar-refractivity contribution in [2.75, 3.05) is 12.3 Å². The van der Waals surface area contributed by atoms with Crippen LogP contribution in [0.4, 0.5) is 0 Å². The summed E-state index contributed by atoms with van der Waals surface area (Å²) in [6.45, 7) is 9.14. The lowest BCUT2D eigenvalue weighted by Crippen LogP contribution is -2.25. The van der Waals surface area contributed by atoms with Gasteiger partial charge in [-0.15, -0.1) is 0 Å². The monoisotopic (exact) mass is 229 g/mol. The lowest BCUT2D eigenvalue weighted by Gasteiger charge is -2.09. The molecule has 14 heavy (non-hydrogen) atoms. The van der Waals surface area contributed by atoms with Gasteiger partial charge in [0.2, 0.25) is 0 Å². The summed E-state index contributed by atoms with van der Waals surface area (Å²) in [6, 6.07) is 0.512. The number of hydrogen-bond donors (Lipinski definition) is 1. The van der Waals surface area contributed by atoms with E-state index in [1.54, 1.807) is 18.1 Å². The van der Waals surface area contributed by atoms with Gasteiger partial charge >= 0.3 is 0 Å². The van der Waals surface area contributed by atoms with Crippen molar-refractivity contribution < 1.29 is 0 Å². The highest BCUT2D eigenvalue weighted by Gasteiger charge is 2.00. The molecule has 0 unspecified atom stereocenters. The molecule has 1 heterocycles. The Kier molecular flexibility index (Phi) is 5.14. The zero-order valence-corrected chi connectivity index (χ0v) is 10.1. The summed E-state index contributed by atoms with van der Waals surface area (Å²) in [4.78, 5) is 4.09. The maximum atomic E-state index is 4.09. The van der Waals surface area contributed by atoms with E-state index in [-0.39, 0.29) is 0 Å². The first-order valence-electron chi connectivity index (χ1n) is 4.48. The van der Waals surface area contributed by atoms with E-state index in [9.17, 15) is 0 Å². The van der Waals surface area contributed by atoms with Crippen molar-refractivity contribution in [3.63, 3.8) is 0 Å². The first-order valence-corrected chi connectivity index (χ1v) is 6.24. The van der Waals surface area contributed by atoms with Gasteiger partial charge in [-0.2, -0.15) is 4.37 Å². The predicted octanol–water partition coefficient (Wildman–Crippen LogP) is 2.18. The molecule has 1 N–H and O–H groups in total. The number of hydrogen-bond acceptors (Lipinski definition) is 5. The van der Waals surface area contributed by atoms with Gasteiger partial charge in [0.05, 0.1) is 0 Å². The van der Waals surface area contributed by atoms with Crippen LogP contribution in [0.25, 0.3) is 0 Å². The van der Waals surface area contributed by atoms with E-state index in [4.69, 9.17) is 0 Å². The Morgan fingerprint density at radius 3 is 3.07 bits per heavy atom. The number of aromatic nitrogens is 2. The Bertz CT molecular complexity index is 270. The van der Waals surface area contributed by atoms with Crippen LogP contribution in [0.1, 0.15) is 13.8 Å². The van der Waals surface area contributed by atoms with Gasteiger partial charge in [-0.1, -0.05) is 37.8 Å². The molecular formula is C9H15N3S2. The van der Waals surface area contributed by atoms with E-state index in [0.29, 0.717) is 6.04 Å². The third-order valence-corrected chi connectivity index (χ3v) is 3.44. The van der Waals surface area contributed by atoms with Crippen LogP contribution in [0.5, 0.6) is 0 Å². The first-order chi connectivity index (χ1) is 6.68. The fourth-order valence-electron chi connectivity index (χ4n) is 0.790. The van der Waals surface area contributed by atoms with Crippen LogP contribution in [0.2, 0.25) is 0 Å². The summed E-state index contributed by atoms with van der Waals surface area (Å²) >= 11 is 3.12. The van der Waals surface area contributed by atoms with Crippen LogP contribution in [0.3, 0.4) is 0 Å². The van der Waals surface area contributed by atoms with Gasteiger partial charge in [0.25, 0.3) is 0 Å².